The van der Waals surface area contributed by atoms with E-state index in [0.717, 1.165) is 0 Å². The average Bonchev–Trinajstić information content (AvgIpc) is 3.25. The van der Waals surface area contributed by atoms with Gasteiger partial charge in [0, 0.05) is 23.5 Å². The molecule has 0 aromatic carbocycles. The van der Waals surface area contributed by atoms with Gasteiger partial charge in [0.15, 0.2) is 11.6 Å². The van der Waals surface area contributed by atoms with Crippen molar-refractivity contribution in [2.45, 2.75) is 11.8 Å². The number of nitrogens with zero attached hydrogens (tertiary/aromatic N) is 6. The van der Waals surface area contributed by atoms with Crippen LogP contribution in [-0.2, 0) is 9.59 Å². The maximum Gasteiger partial charge on any atom is 0.171 e. The van der Waals surface area contributed by atoms with E-state index in [0.29, 0.717) is 11.1 Å². The minimum Gasteiger partial charge on any atom is -0.294 e. The smallest absolute Gasteiger partial charge is 0.171 e. The first-order chi connectivity index (χ1) is 14.5. The number of rotatable bonds is 2. The third-order valence-electron chi connectivity index (χ3n) is 5.42. The molecule has 2 aliphatic carbocycles. The van der Waals surface area contributed by atoms with Crippen molar-refractivity contribution >= 4 is 11.6 Å². The van der Waals surface area contributed by atoms with Gasteiger partial charge in [-0.25, -0.2) is 0 Å². The summed E-state index contributed by atoms with van der Waals surface area (Å²) in [4.78, 5) is 34.7. The van der Waals surface area contributed by atoms with E-state index in [-0.39, 0.29) is 22.5 Å². The summed E-state index contributed by atoms with van der Waals surface area (Å²) in [5.74, 6) is -5.10. The fourth-order valence-electron chi connectivity index (χ4n) is 4.08. The van der Waals surface area contributed by atoms with Crippen molar-refractivity contribution in [3.8, 4) is 24.3 Å². The van der Waals surface area contributed by atoms with Gasteiger partial charge >= 0.3 is 0 Å². The number of hydrogen-bond donors (Lipinski definition) is 0. The highest BCUT2D eigenvalue weighted by Gasteiger charge is 2.57. The number of pyridine rings is 2. The van der Waals surface area contributed by atoms with Gasteiger partial charge in [-0.1, -0.05) is 0 Å². The zero-order valence-corrected chi connectivity index (χ0v) is 15.3. The molecule has 2 aromatic heterocycles. The van der Waals surface area contributed by atoms with Crippen LogP contribution in [0.1, 0.15) is 34.4 Å². The Morgan fingerprint density at radius 3 is 1.33 bits per heavy atom. The van der Waals surface area contributed by atoms with E-state index < -0.39 is 35.2 Å². The highest BCUT2D eigenvalue weighted by molar-refractivity contribution is 6.19. The van der Waals surface area contributed by atoms with Crippen LogP contribution in [-0.4, -0.2) is 21.5 Å². The lowest BCUT2D eigenvalue weighted by atomic mass is 9.80. The van der Waals surface area contributed by atoms with Gasteiger partial charge in [-0.15, -0.1) is 0 Å². The van der Waals surface area contributed by atoms with Gasteiger partial charge in [-0.05, 0) is 24.3 Å². The van der Waals surface area contributed by atoms with E-state index in [1.807, 2.05) is 24.3 Å². The van der Waals surface area contributed by atoms with Gasteiger partial charge in [0.1, 0.15) is 12.1 Å². The first-order valence-corrected chi connectivity index (χ1v) is 8.89. The molecule has 0 bridgehead atoms. The summed E-state index contributed by atoms with van der Waals surface area (Å²) in [6.45, 7) is 0. The molecule has 4 atom stereocenters. The monoisotopic (exact) mass is 390 g/mol. The van der Waals surface area contributed by atoms with E-state index >= 15 is 0 Å². The third kappa shape index (κ3) is 2.57. The number of carbonyl (C=O) groups is 2. The zero-order valence-electron chi connectivity index (χ0n) is 15.3. The van der Waals surface area contributed by atoms with Crippen LogP contribution in [0, 0.1) is 57.2 Å². The standard InChI is InChI=1S/C22H10N6O2/c23-5-11-1-3-15(27-9-11)17-13(7-25)19-20(21(17)29)14(8-26)18(22(19)30)16-4-2-12(6-24)10-28-16/h1-4,9-10,13-14,17-18H. The number of aromatic nitrogens is 2. The Hall–Kier alpha value is -4.66. The highest BCUT2D eigenvalue weighted by Crippen LogP contribution is 2.52. The second-order valence-corrected chi connectivity index (χ2v) is 6.89. The maximum atomic E-state index is 13.2. The van der Waals surface area contributed by atoms with Crippen molar-refractivity contribution < 1.29 is 9.59 Å². The summed E-state index contributed by atoms with van der Waals surface area (Å²) in [5, 5.41) is 37.4. The molecule has 0 spiro atoms. The Balaban J connectivity index is 1.76. The molecule has 2 aromatic rings. The largest absolute Gasteiger partial charge is 0.294 e. The molecule has 0 saturated heterocycles. The van der Waals surface area contributed by atoms with Crippen molar-refractivity contribution in [3.63, 3.8) is 0 Å². The van der Waals surface area contributed by atoms with Crippen molar-refractivity contribution in [2.75, 3.05) is 0 Å². The number of allylic oxidation sites excluding steroid dienone is 2. The van der Waals surface area contributed by atoms with Gasteiger partial charge in [0.05, 0.1) is 58.3 Å². The number of hydrogen-bond acceptors (Lipinski definition) is 8. The maximum absolute atomic E-state index is 13.2. The van der Waals surface area contributed by atoms with Gasteiger partial charge < -0.3 is 0 Å². The van der Waals surface area contributed by atoms with E-state index in [1.54, 1.807) is 0 Å². The van der Waals surface area contributed by atoms with Crippen molar-refractivity contribution in [1.82, 2.24) is 9.97 Å². The molecule has 30 heavy (non-hydrogen) atoms. The predicted octanol–water partition coefficient (Wildman–Crippen LogP) is 1.83. The normalized spacial score (nSPS) is 24.5. The summed E-state index contributed by atoms with van der Waals surface area (Å²) in [5.41, 5.74) is 1.24. The summed E-state index contributed by atoms with van der Waals surface area (Å²) in [6.07, 6.45) is 2.60. The molecule has 8 heteroatoms. The van der Waals surface area contributed by atoms with E-state index in [2.05, 4.69) is 9.97 Å². The topological polar surface area (TPSA) is 155 Å². The van der Waals surface area contributed by atoms with E-state index in [9.17, 15) is 20.1 Å². The first-order valence-electron chi connectivity index (χ1n) is 8.89. The SMILES string of the molecule is N#Cc1ccc(C2C(=O)C3=C(C(=O)C(c4ccc(C#N)cn4)C3C#N)C2C#N)nc1. The van der Waals surface area contributed by atoms with Crippen molar-refractivity contribution in [3.05, 3.63) is 70.3 Å². The van der Waals surface area contributed by atoms with Gasteiger partial charge in [0.25, 0.3) is 0 Å². The fourth-order valence-corrected chi connectivity index (χ4v) is 4.08. The molecule has 0 N–H and O–H groups in total. The van der Waals surface area contributed by atoms with Crippen molar-refractivity contribution in [2.24, 2.45) is 11.8 Å². The summed E-state index contributed by atoms with van der Waals surface area (Å²) in [7, 11) is 0. The minimum absolute atomic E-state index is 0.0429. The molecule has 0 amide bonds. The Labute approximate surface area is 170 Å². The number of carbonyl (C=O) groups excluding carboxylic acids is 2. The van der Waals surface area contributed by atoms with Crippen LogP contribution < -0.4 is 0 Å². The zero-order chi connectivity index (χ0) is 21.4. The lowest BCUT2D eigenvalue weighted by Gasteiger charge is -2.20. The lowest BCUT2D eigenvalue weighted by Crippen LogP contribution is -2.26. The molecule has 0 saturated carbocycles. The molecule has 8 nitrogen and oxygen atoms in total. The second-order valence-electron chi connectivity index (χ2n) is 6.89. The number of Topliss-reactive ketones (excluding diaryl/α,β-unsaturated/α-hetero) is 2. The van der Waals surface area contributed by atoms with Gasteiger partial charge in [0.2, 0.25) is 0 Å². The Morgan fingerprint density at radius 1 is 0.667 bits per heavy atom. The lowest BCUT2D eigenvalue weighted by molar-refractivity contribution is -0.118. The molecule has 2 heterocycles. The molecule has 0 radical (unpaired) electrons. The average molecular weight is 390 g/mol. The van der Waals surface area contributed by atoms with Crippen LogP contribution >= 0.6 is 0 Å². The quantitative estimate of drug-likeness (QED) is 0.752. The Morgan fingerprint density at radius 2 is 1.07 bits per heavy atom. The molecule has 2 aliphatic rings. The minimum atomic E-state index is -1.07. The molecule has 4 unspecified atom stereocenters. The molecule has 140 valence electrons. The predicted molar refractivity (Wildman–Crippen MR) is 98.6 cm³/mol. The van der Waals surface area contributed by atoms with Crippen LogP contribution in [0.2, 0.25) is 0 Å². The van der Waals surface area contributed by atoms with E-state index in [1.165, 1.54) is 36.7 Å². The van der Waals surface area contributed by atoms with Crippen LogP contribution in [0.3, 0.4) is 0 Å². The van der Waals surface area contributed by atoms with Gasteiger partial charge in [-0.2, -0.15) is 21.0 Å². The highest BCUT2D eigenvalue weighted by atomic mass is 16.1. The second kappa shape index (κ2) is 7.06. The summed E-state index contributed by atoms with van der Waals surface area (Å²) < 4.78 is 0. The van der Waals surface area contributed by atoms with Gasteiger partial charge in [-0.3, -0.25) is 19.6 Å². The third-order valence-corrected chi connectivity index (χ3v) is 5.42. The number of ketones is 2. The van der Waals surface area contributed by atoms with Crippen LogP contribution in [0.5, 0.6) is 0 Å². The Kier molecular flexibility index (Phi) is 4.40. The molecule has 0 fully saturated rings. The molecule has 4 rings (SSSR count). The van der Waals surface area contributed by atoms with E-state index in [4.69, 9.17) is 10.5 Å². The number of nitriles is 4. The fraction of sp³-hybridized carbons (Fsp3) is 0.182. The molecular weight excluding hydrogens is 380 g/mol. The van der Waals surface area contributed by atoms with Crippen molar-refractivity contribution in [1.29, 1.82) is 21.0 Å². The van der Waals surface area contributed by atoms with Crippen LogP contribution in [0.15, 0.2) is 47.8 Å². The molecular formula is C22H10N6O2. The van der Waals surface area contributed by atoms with Crippen LogP contribution in [0.4, 0.5) is 0 Å². The summed E-state index contributed by atoms with van der Waals surface area (Å²) in [6, 6.07) is 13.9. The molecule has 0 aliphatic heterocycles. The Bertz CT molecular complexity index is 1180. The van der Waals surface area contributed by atoms with Crippen LogP contribution in [0.25, 0.3) is 0 Å². The first kappa shape index (κ1) is 18.7. The summed E-state index contributed by atoms with van der Waals surface area (Å²) >= 11 is 0.